The van der Waals surface area contributed by atoms with E-state index in [1.165, 1.54) is 25.1 Å². The predicted octanol–water partition coefficient (Wildman–Crippen LogP) is 3.96. The summed E-state index contributed by atoms with van der Waals surface area (Å²) >= 11 is 1.27. The number of rotatable bonds is 8. The molecule has 34 heavy (non-hydrogen) atoms. The van der Waals surface area contributed by atoms with Crippen LogP contribution < -0.4 is 5.43 Å². The van der Waals surface area contributed by atoms with Crippen LogP contribution in [0.4, 0.5) is 0 Å². The van der Waals surface area contributed by atoms with Crippen molar-refractivity contribution in [3.05, 3.63) is 96.1 Å². The second kappa shape index (κ2) is 11.1. The number of carbonyl (C=O) groups excluding carboxylic acids is 2. The molecule has 0 aliphatic heterocycles. The van der Waals surface area contributed by atoms with Crippen molar-refractivity contribution >= 4 is 29.9 Å². The number of thioether (sulfide) groups is 1. The average Bonchev–Trinajstić information content (AvgIpc) is 3.32. The fourth-order valence-electron chi connectivity index (χ4n) is 3.11. The van der Waals surface area contributed by atoms with Crippen molar-refractivity contribution < 1.29 is 14.3 Å². The average molecular weight is 472 g/mol. The Labute approximate surface area is 200 Å². The molecule has 0 saturated heterocycles. The summed E-state index contributed by atoms with van der Waals surface area (Å²) in [7, 11) is 1.33. The van der Waals surface area contributed by atoms with Crippen LogP contribution >= 0.6 is 11.8 Å². The highest BCUT2D eigenvalue weighted by Gasteiger charge is 2.17. The van der Waals surface area contributed by atoms with E-state index in [0.29, 0.717) is 16.5 Å². The Balaban J connectivity index is 1.42. The summed E-state index contributed by atoms with van der Waals surface area (Å²) < 4.78 is 6.60. The van der Waals surface area contributed by atoms with Gasteiger partial charge in [0.05, 0.1) is 24.6 Å². The molecule has 0 bridgehead atoms. The number of benzene rings is 3. The van der Waals surface area contributed by atoms with E-state index in [0.717, 1.165) is 16.8 Å². The first-order valence-corrected chi connectivity index (χ1v) is 11.3. The molecule has 1 N–H and O–H groups in total. The molecule has 4 aromatic rings. The first-order chi connectivity index (χ1) is 16.7. The smallest absolute Gasteiger partial charge is 0.337 e. The maximum absolute atomic E-state index is 12.3. The number of hydrogen-bond donors (Lipinski definition) is 1. The van der Waals surface area contributed by atoms with Gasteiger partial charge in [0.25, 0.3) is 5.91 Å². The third kappa shape index (κ3) is 5.57. The number of ether oxygens (including phenoxy) is 1. The van der Waals surface area contributed by atoms with Gasteiger partial charge in [-0.1, -0.05) is 72.4 Å². The summed E-state index contributed by atoms with van der Waals surface area (Å²) in [5.41, 5.74) is 5.52. The number of methoxy groups -OCH3 is 1. The van der Waals surface area contributed by atoms with Crippen LogP contribution in [-0.4, -0.2) is 45.7 Å². The van der Waals surface area contributed by atoms with E-state index in [2.05, 4.69) is 25.5 Å². The molecular weight excluding hydrogens is 450 g/mol. The lowest BCUT2D eigenvalue weighted by molar-refractivity contribution is -0.118. The standard InChI is InChI=1S/C25H21N5O3S/c1-33-24(32)20-14-12-18(13-15-20)16-26-27-22(31)17-34-25-29-28-23(19-8-4-2-5-9-19)30(25)21-10-6-3-7-11-21/h2-16H,17H2,1H3,(H,27,31)/b26-16+. The minimum Gasteiger partial charge on any atom is -0.465 e. The molecule has 0 atom stereocenters. The van der Waals surface area contributed by atoms with E-state index in [1.807, 2.05) is 65.2 Å². The van der Waals surface area contributed by atoms with Crippen LogP contribution in [0, 0.1) is 0 Å². The zero-order valence-electron chi connectivity index (χ0n) is 18.3. The second-order valence-corrected chi connectivity index (χ2v) is 7.98. The number of nitrogens with one attached hydrogen (secondary N) is 1. The number of carbonyl (C=O) groups is 2. The summed E-state index contributed by atoms with van der Waals surface area (Å²) in [6.45, 7) is 0. The zero-order chi connectivity index (χ0) is 23.8. The van der Waals surface area contributed by atoms with Gasteiger partial charge >= 0.3 is 5.97 Å². The number of hydrogen-bond acceptors (Lipinski definition) is 7. The van der Waals surface area contributed by atoms with Crippen LogP contribution in [-0.2, 0) is 9.53 Å². The van der Waals surface area contributed by atoms with E-state index in [1.54, 1.807) is 24.3 Å². The Morgan fingerprint density at radius 3 is 2.32 bits per heavy atom. The number of para-hydroxylation sites is 1. The molecule has 4 rings (SSSR count). The lowest BCUT2D eigenvalue weighted by Crippen LogP contribution is -2.20. The lowest BCUT2D eigenvalue weighted by atomic mass is 10.1. The Bertz CT molecular complexity index is 1290. The molecule has 0 saturated carbocycles. The summed E-state index contributed by atoms with van der Waals surface area (Å²) in [6.07, 6.45) is 1.50. The summed E-state index contributed by atoms with van der Waals surface area (Å²) in [6, 6.07) is 26.2. The van der Waals surface area contributed by atoms with Crippen molar-refractivity contribution in [2.75, 3.05) is 12.9 Å². The van der Waals surface area contributed by atoms with E-state index in [-0.39, 0.29) is 11.7 Å². The normalized spacial score (nSPS) is 10.9. The van der Waals surface area contributed by atoms with Crippen LogP contribution in [0.2, 0.25) is 0 Å². The van der Waals surface area contributed by atoms with Crippen LogP contribution in [0.5, 0.6) is 0 Å². The molecule has 8 nitrogen and oxygen atoms in total. The molecule has 9 heteroatoms. The first-order valence-electron chi connectivity index (χ1n) is 10.3. The third-order valence-electron chi connectivity index (χ3n) is 4.75. The largest absolute Gasteiger partial charge is 0.465 e. The van der Waals surface area contributed by atoms with E-state index in [9.17, 15) is 9.59 Å². The van der Waals surface area contributed by atoms with Gasteiger partial charge in [0, 0.05) is 11.3 Å². The number of hydrazone groups is 1. The predicted molar refractivity (Wildman–Crippen MR) is 131 cm³/mol. The highest BCUT2D eigenvalue weighted by Crippen LogP contribution is 2.27. The van der Waals surface area contributed by atoms with Crippen molar-refractivity contribution in [2.24, 2.45) is 5.10 Å². The Kier molecular flexibility index (Phi) is 7.46. The van der Waals surface area contributed by atoms with Gasteiger partial charge in [0.2, 0.25) is 0 Å². The molecule has 1 aromatic heterocycles. The number of aromatic nitrogens is 3. The van der Waals surface area contributed by atoms with Crippen LogP contribution in [0.1, 0.15) is 15.9 Å². The molecule has 0 spiro atoms. The minimum absolute atomic E-state index is 0.109. The fourth-order valence-corrected chi connectivity index (χ4v) is 3.86. The van der Waals surface area contributed by atoms with Gasteiger partial charge in [-0.2, -0.15) is 5.10 Å². The van der Waals surface area contributed by atoms with Gasteiger partial charge in [-0.15, -0.1) is 10.2 Å². The van der Waals surface area contributed by atoms with Crippen LogP contribution in [0.25, 0.3) is 17.1 Å². The molecule has 3 aromatic carbocycles. The second-order valence-electron chi connectivity index (χ2n) is 7.04. The quantitative estimate of drug-likeness (QED) is 0.181. The van der Waals surface area contributed by atoms with Crippen LogP contribution in [0.15, 0.2) is 95.2 Å². The third-order valence-corrected chi connectivity index (χ3v) is 5.68. The van der Waals surface area contributed by atoms with Gasteiger partial charge in [0.15, 0.2) is 11.0 Å². The van der Waals surface area contributed by atoms with Crippen molar-refractivity contribution in [3.63, 3.8) is 0 Å². The number of nitrogens with zero attached hydrogens (tertiary/aromatic N) is 4. The van der Waals surface area contributed by atoms with Crippen molar-refractivity contribution in [1.82, 2.24) is 20.2 Å². The molecule has 0 radical (unpaired) electrons. The van der Waals surface area contributed by atoms with Crippen molar-refractivity contribution in [3.8, 4) is 17.1 Å². The first kappa shape index (κ1) is 22.9. The Morgan fingerprint density at radius 2 is 1.65 bits per heavy atom. The zero-order valence-corrected chi connectivity index (χ0v) is 19.1. The summed E-state index contributed by atoms with van der Waals surface area (Å²) in [5.74, 6) is 0.116. The fraction of sp³-hybridized carbons (Fsp3) is 0.0800. The summed E-state index contributed by atoms with van der Waals surface area (Å²) in [5, 5.41) is 13.3. The topological polar surface area (TPSA) is 98.5 Å². The molecule has 1 amide bonds. The monoisotopic (exact) mass is 471 g/mol. The van der Waals surface area contributed by atoms with Crippen molar-refractivity contribution in [1.29, 1.82) is 0 Å². The minimum atomic E-state index is -0.410. The van der Waals surface area contributed by atoms with E-state index < -0.39 is 5.97 Å². The van der Waals surface area contributed by atoms with Crippen LogP contribution in [0.3, 0.4) is 0 Å². The highest BCUT2D eigenvalue weighted by atomic mass is 32.2. The molecule has 0 aliphatic carbocycles. The molecule has 170 valence electrons. The highest BCUT2D eigenvalue weighted by molar-refractivity contribution is 7.99. The van der Waals surface area contributed by atoms with Gasteiger partial charge in [0.1, 0.15) is 0 Å². The van der Waals surface area contributed by atoms with Gasteiger partial charge < -0.3 is 4.74 Å². The number of amides is 1. The molecule has 0 unspecified atom stereocenters. The SMILES string of the molecule is COC(=O)c1ccc(/C=N/NC(=O)CSc2nnc(-c3ccccc3)n2-c2ccccc2)cc1. The maximum Gasteiger partial charge on any atom is 0.337 e. The summed E-state index contributed by atoms with van der Waals surface area (Å²) in [4.78, 5) is 23.8. The maximum atomic E-state index is 12.3. The van der Waals surface area contributed by atoms with E-state index in [4.69, 9.17) is 0 Å². The Hall–Kier alpha value is -4.24. The van der Waals surface area contributed by atoms with Gasteiger partial charge in [-0.25, -0.2) is 10.2 Å². The Morgan fingerprint density at radius 1 is 0.971 bits per heavy atom. The molecule has 0 fully saturated rings. The number of esters is 1. The molecule has 1 heterocycles. The van der Waals surface area contributed by atoms with Gasteiger partial charge in [-0.3, -0.25) is 9.36 Å². The van der Waals surface area contributed by atoms with Gasteiger partial charge in [-0.05, 0) is 29.8 Å². The lowest BCUT2D eigenvalue weighted by Gasteiger charge is -2.10. The van der Waals surface area contributed by atoms with E-state index >= 15 is 0 Å². The van der Waals surface area contributed by atoms with Crippen molar-refractivity contribution in [2.45, 2.75) is 5.16 Å². The molecular formula is C25H21N5O3S. The molecule has 0 aliphatic rings.